The van der Waals surface area contributed by atoms with Crippen molar-refractivity contribution in [2.75, 3.05) is 6.61 Å². The lowest BCUT2D eigenvalue weighted by atomic mass is 10.2. The van der Waals surface area contributed by atoms with Gasteiger partial charge in [0.1, 0.15) is 11.7 Å². The van der Waals surface area contributed by atoms with Gasteiger partial charge < -0.3 is 9.30 Å². The van der Waals surface area contributed by atoms with E-state index in [-0.39, 0.29) is 16.8 Å². The first kappa shape index (κ1) is 17.1. The van der Waals surface area contributed by atoms with E-state index in [9.17, 15) is 10.1 Å². The molecule has 26 heavy (non-hydrogen) atoms. The molecule has 1 atom stereocenters. The topological polar surface area (TPSA) is 70.2 Å². The van der Waals surface area contributed by atoms with E-state index in [1.807, 2.05) is 22.8 Å². The molecule has 1 aliphatic heterocycles. The molecule has 2 aromatic carbocycles. The fourth-order valence-electron chi connectivity index (χ4n) is 3.21. The van der Waals surface area contributed by atoms with Gasteiger partial charge in [-0.3, -0.25) is 10.1 Å². The number of hydrogen-bond acceptors (Lipinski definition) is 5. The average molecular weight is 369 g/mol. The van der Waals surface area contributed by atoms with E-state index in [2.05, 4.69) is 17.1 Å². The van der Waals surface area contributed by atoms with Crippen LogP contribution in [-0.2, 0) is 10.5 Å². The van der Waals surface area contributed by atoms with Crippen molar-refractivity contribution in [1.82, 2.24) is 9.55 Å². The Balaban J connectivity index is 1.71. The van der Waals surface area contributed by atoms with Crippen LogP contribution in [0.15, 0.2) is 53.7 Å². The van der Waals surface area contributed by atoms with Gasteiger partial charge in [-0.2, -0.15) is 0 Å². The van der Waals surface area contributed by atoms with Gasteiger partial charge in [-0.25, -0.2) is 4.98 Å². The minimum Gasteiger partial charge on any atom is -0.358 e. The van der Waals surface area contributed by atoms with Crippen LogP contribution in [0.4, 0.5) is 5.69 Å². The van der Waals surface area contributed by atoms with Crippen LogP contribution in [0.3, 0.4) is 0 Å². The molecule has 1 unspecified atom stereocenters. The van der Waals surface area contributed by atoms with Gasteiger partial charge >= 0.3 is 0 Å². The zero-order valence-corrected chi connectivity index (χ0v) is 15.0. The van der Waals surface area contributed by atoms with Crippen LogP contribution in [0.2, 0.25) is 0 Å². The summed E-state index contributed by atoms with van der Waals surface area (Å²) < 4.78 is 7.78. The molecule has 7 heteroatoms. The molecule has 134 valence electrons. The minimum atomic E-state index is -0.342. The van der Waals surface area contributed by atoms with Gasteiger partial charge in [0, 0.05) is 29.4 Å². The molecule has 1 fully saturated rings. The average Bonchev–Trinajstić information content (AvgIpc) is 3.11. The molecule has 0 amide bonds. The van der Waals surface area contributed by atoms with Crippen molar-refractivity contribution in [2.45, 2.75) is 36.1 Å². The van der Waals surface area contributed by atoms with Crippen molar-refractivity contribution >= 4 is 28.5 Å². The van der Waals surface area contributed by atoms with Crippen molar-refractivity contribution in [2.24, 2.45) is 0 Å². The number of imidazole rings is 1. The Morgan fingerprint density at radius 1 is 1.27 bits per heavy atom. The lowest BCUT2D eigenvalue weighted by Gasteiger charge is -2.24. The number of rotatable bonds is 5. The van der Waals surface area contributed by atoms with Crippen LogP contribution in [0.1, 0.15) is 31.1 Å². The smallest absolute Gasteiger partial charge is 0.272 e. The predicted octanol–water partition coefficient (Wildman–Crippen LogP) is 4.94. The SMILES string of the molecule is O=[N+]([O-])c1cc(SCc2ccccc2)c2ncn(C3CCCCO3)c2c1. The lowest BCUT2D eigenvalue weighted by molar-refractivity contribution is -0.384. The molecular weight excluding hydrogens is 350 g/mol. The number of hydrogen-bond donors (Lipinski definition) is 0. The van der Waals surface area contributed by atoms with Crippen LogP contribution < -0.4 is 0 Å². The molecule has 0 spiro atoms. The minimum absolute atomic E-state index is 0.0885. The summed E-state index contributed by atoms with van der Waals surface area (Å²) in [6.07, 6.45) is 4.70. The largest absolute Gasteiger partial charge is 0.358 e. The number of nitrogens with zero attached hydrogens (tertiary/aromatic N) is 3. The summed E-state index contributed by atoms with van der Waals surface area (Å²) in [5, 5.41) is 11.4. The first-order valence-electron chi connectivity index (χ1n) is 8.65. The van der Waals surface area contributed by atoms with Gasteiger partial charge in [0.2, 0.25) is 0 Å². The molecule has 0 radical (unpaired) electrons. The van der Waals surface area contributed by atoms with E-state index in [0.29, 0.717) is 0 Å². The highest BCUT2D eigenvalue weighted by molar-refractivity contribution is 7.98. The number of nitro benzene ring substituents is 1. The van der Waals surface area contributed by atoms with E-state index in [1.165, 1.54) is 5.56 Å². The summed E-state index contributed by atoms with van der Waals surface area (Å²) in [5.41, 5.74) is 2.82. The second kappa shape index (κ2) is 7.47. The van der Waals surface area contributed by atoms with Crippen LogP contribution in [0.25, 0.3) is 11.0 Å². The van der Waals surface area contributed by atoms with E-state index >= 15 is 0 Å². The van der Waals surface area contributed by atoms with Crippen molar-refractivity contribution in [3.8, 4) is 0 Å². The third-order valence-electron chi connectivity index (χ3n) is 4.54. The van der Waals surface area contributed by atoms with Gasteiger partial charge in [-0.15, -0.1) is 11.8 Å². The fourth-order valence-corrected chi connectivity index (χ4v) is 4.22. The van der Waals surface area contributed by atoms with E-state index in [0.717, 1.165) is 47.6 Å². The number of aromatic nitrogens is 2. The summed E-state index contributed by atoms with van der Waals surface area (Å²) >= 11 is 1.57. The lowest BCUT2D eigenvalue weighted by Crippen LogP contribution is -2.17. The summed E-state index contributed by atoms with van der Waals surface area (Å²) in [5.74, 6) is 0.740. The third kappa shape index (κ3) is 3.45. The standard InChI is InChI=1S/C19H19N3O3S/c23-22(24)15-10-16-19(20-13-21(16)18-8-4-5-9-25-18)17(11-15)26-12-14-6-2-1-3-7-14/h1-3,6-7,10-11,13,18H,4-5,8-9,12H2. The predicted molar refractivity (Wildman–Crippen MR) is 101 cm³/mol. The summed E-state index contributed by atoms with van der Waals surface area (Å²) in [7, 11) is 0. The number of fused-ring (bicyclic) bond motifs is 1. The quantitative estimate of drug-likeness (QED) is 0.362. The van der Waals surface area contributed by atoms with Gasteiger partial charge in [-0.05, 0) is 24.8 Å². The van der Waals surface area contributed by atoms with Gasteiger partial charge in [0.05, 0.1) is 16.8 Å². The molecule has 0 N–H and O–H groups in total. The molecule has 1 saturated heterocycles. The number of non-ortho nitro benzene ring substituents is 1. The number of ether oxygens (including phenoxy) is 1. The summed E-state index contributed by atoms with van der Waals surface area (Å²) in [4.78, 5) is 16.4. The second-order valence-electron chi connectivity index (χ2n) is 6.32. The maximum Gasteiger partial charge on any atom is 0.272 e. The monoisotopic (exact) mass is 369 g/mol. The van der Waals surface area contributed by atoms with Gasteiger partial charge in [0.25, 0.3) is 5.69 Å². The molecule has 0 aliphatic carbocycles. The molecule has 3 aromatic rings. The van der Waals surface area contributed by atoms with Crippen molar-refractivity contribution in [3.63, 3.8) is 0 Å². The number of benzene rings is 2. The highest BCUT2D eigenvalue weighted by Crippen LogP contribution is 2.35. The molecule has 1 aromatic heterocycles. The Kier molecular flexibility index (Phi) is 4.90. The van der Waals surface area contributed by atoms with Crippen molar-refractivity contribution < 1.29 is 9.66 Å². The molecule has 0 saturated carbocycles. The molecule has 4 rings (SSSR count). The fraction of sp³-hybridized carbons (Fsp3) is 0.316. The number of nitro groups is 1. The number of thioether (sulfide) groups is 1. The zero-order chi connectivity index (χ0) is 17.9. The first-order chi connectivity index (χ1) is 12.7. The third-order valence-corrected chi connectivity index (χ3v) is 5.64. The Hall–Kier alpha value is -2.38. The molecule has 1 aliphatic rings. The van der Waals surface area contributed by atoms with Crippen LogP contribution in [-0.4, -0.2) is 21.1 Å². The highest BCUT2D eigenvalue weighted by atomic mass is 32.2. The highest BCUT2D eigenvalue weighted by Gasteiger charge is 2.22. The Labute approximate surface area is 155 Å². The molecule has 0 bridgehead atoms. The first-order valence-corrected chi connectivity index (χ1v) is 9.64. The summed E-state index contributed by atoms with van der Waals surface area (Å²) in [6.45, 7) is 0.717. The van der Waals surface area contributed by atoms with Gasteiger partial charge in [-0.1, -0.05) is 30.3 Å². The van der Waals surface area contributed by atoms with Gasteiger partial charge in [0.15, 0.2) is 0 Å². The summed E-state index contributed by atoms with van der Waals surface area (Å²) in [6, 6.07) is 13.3. The molecule has 2 heterocycles. The Morgan fingerprint density at radius 2 is 2.12 bits per heavy atom. The zero-order valence-electron chi connectivity index (χ0n) is 14.2. The van der Waals surface area contributed by atoms with E-state index in [1.54, 1.807) is 30.2 Å². The molecule has 6 nitrogen and oxygen atoms in total. The van der Waals surface area contributed by atoms with Crippen molar-refractivity contribution in [1.29, 1.82) is 0 Å². The maximum absolute atomic E-state index is 11.4. The maximum atomic E-state index is 11.4. The van der Waals surface area contributed by atoms with E-state index < -0.39 is 0 Å². The van der Waals surface area contributed by atoms with Crippen LogP contribution in [0.5, 0.6) is 0 Å². The van der Waals surface area contributed by atoms with Crippen LogP contribution >= 0.6 is 11.8 Å². The van der Waals surface area contributed by atoms with Crippen LogP contribution in [0, 0.1) is 10.1 Å². The van der Waals surface area contributed by atoms with Crippen molar-refractivity contribution in [3.05, 3.63) is 64.5 Å². The normalized spacial score (nSPS) is 17.5. The second-order valence-corrected chi connectivity index (χ2v) is 7.33. The molecular formula is C19H19N3O3S. The Bertz CT molecular complexity index is 920. The Morgan fingerprint density at radius 3 is 2.85 bits per heavy atom. The van der Waals surface area contributed by atoms with E-state index in [4.69, 9.17) is 4.74 Å².